The van der Waals surface area contributed by atoms with Gasteiger partial charge in [-0.2, -0.15) is 0 Å². The van der Waals surface area contributed by atoms with Gasteiger partial charge in [-0.05, 0) is 54.7 Å². The third-order valence-electron chi connectivity index (χ3n) is 5.49. The van der Waals surface area contributed by atoms with Crippen molar-refractivity contribution in [2.75, 3.05) is 30.4 Å². The van der Waals surface area contributed by atoms with Gasteiger partial charge >= 0.3 is 0 Å². The minimum Gasteiger partial charge on any atom is -0.497 e. The van der Waals surface area contributed by atoms with Crippen molar-refractivity contribution in [1.29, 1.82) is 0 Å². The zero-order chi connectivity index (χ0) is 20.4. The smallest absolute Gasteiger partial charge is 0.229 e. The molecule has 152 valence electrons. The van der Waals surface area contributed by atoms with Crippen molar-refractivity contribution < 1.29 is 9.53 Å². The summed E-state index contributed by atoms with van der Waals surface area (Å²) in [5.41, 5.74) is 3.12. The van der Waals surface area contributed by atoms with Crippen LogP contribution in [-0.4, -0.2) is 31.1 Å². The van der Waals surface area contributed by atoms with Crippen molar-refractivity contribution in [2.45, 2.75) is 32.6 Å². The van der Waals surface area contributed by atoms with Crippen molar-refractivity contribution in [2.24, 2.45) is 5.92 Å². The molecule has 3 aromatic rings. The molecule has 2 heterocycles. The van der Waals surface area contributed by atoms with Gasteiger partial charge in [-0.25, -0.2) is 4.98 Å². The highest BCUT2D eigenvalue weighted by Crippen LogP contribution is 2.33. The molecule has 2 aromatic carbocycles. The van der Waals surface area contributed by atoms with Gasteiger partial charge in [-0.3, -0.25) is 4.79 Å². The van der Waals surface area contributed by atoms with Gasteiger partial charge in [0.05, 0.1) is 23.2 Å². The lowest BCUT2D eigenvalue weighted by molar-refractivity contribution is -0.120. The van der Waals surface area contributed by atoms with Gasteiger partial charge in [0.1, 0.15) is 5.75 Å². The molecule has 0 aliphatic carbocycles. The zero-order valence-corrected chi connectivity index (χ0v) is 18.0. The van der Waals surface area contributed by atoms with Crippen LogP contribution in [0.2, 0.25) is 0 Å². The number of thiazole rings is 1. The highest BCUT2D eigenvalue weighted by Gasteiger charge is 2.27. The summed E-state index contributed by atoms with van der Waals surface area (Å²) in [4.78, 5) is 19.9. The Morgan fingerprint density at radius 2 is 2.03 bits per heavy atom. The maximum Gasteiger partial charge on any atom is 0.229 e. The summed E-state index contributed by atoms with van der Waals surface area (Å²) in [6.45, 7) is 5.97. The van der Waals surface area contributed by atoms with E-state index in [1.807, 2.05) is 30.3 Å². The standard InChI is InChI=1S/C23H27N3O2S/c1-15(2)16-6-8-18(9-7-16)24-22(27)17-5-4-12-26(14-17)23-25-20-11-10-19(28-3)13-21(20)29-23/h6-11,13,15,17H,4-5,12,14H2,1-3H3,(H,24,27). The first-order chi connectivity index (χ1) is 14.0. The number of rotatable bonds is 5. The SMILES string of the molecule is COc1ccc2nc(N3CCCC(C(=O)Nc4ccc(C(C)C)cc4)C3)sc2c1. The average molecular weight is 410 g/mol. The van der Waals surface area contributed by atoms with Gasteiger partial charge in [0, 0.05) is 18.8 Å². The number of nitrogens with zero attached hydrogens (tertiary/aromatic N) is 2. The summed E-state index contributed by atoms with van der Waals surface area (Å²) in [5, 5.41) is 4.07. The summed E-state index contributed by atoms with van der Waals surface area (Å²) in [7, 11) is 1.67. The molecule has 1 atom stereocenters. The molecular weight excluding hydrogens is 382 g/mol. The molecule has 5 nitrogen and oxygen atoms in total. The summed E-state index contributed by atoms with van der Waals surface area (Å²) < 4.78 is 6.42. The third kappa shape index (κ3) is 4.37. The van der Waals surface area contributed by atoms with E-state index in [0.717, 1.165) is 46.2 Å². The van der Waals surface area contributed by atoms with E-state index in [1.54, 1.807) is 18.4 Å². The second-order valence-electron chi connectivity index (χ2n) is 7.88. The Morgan fingerprint density at radius 1 is 1.24 bits per heavy atom. The molecule has 6 heteroatoms. The van der Waals surface area contributed by atoms with Crippen molar-refractivity contribution in [3.05, 3.63) is 48.0 Å². The minimum absolute atomic E-state index is 0.0323. The van der Waals surface area contributed by atoms with Crippen LogP contribution >= 0.6 is 11.3 Å². The molecule has 1 aliphatic heterocycles. The number of anilines is 2. The molecule has 4 rings (SSSR count). The molecule has 1 aliphatic rings. The monoisotopic (exact) mass is 409 g/mol. The summed E-state index contributed by atoms with van der Waals surface area (Å²) >= 11 is 1.66. The molecule has 1 amide bonds. The fraction of sp³-hybridized carbons (Fsp3) is 0.391. The van der Waals surface area contributed by atoms with Crippen molar-refractivity contribution >= 4 is 38.3 Å². The highest BCUT2D eigenvalue weighted by molar-refractivity contribution is 7.22. The Labute approximate surface area is 175 Å². The Kier molecular flexibility index (Phi) is 5.72. The van der Waals surface area contributed by atoms with E-state index < -0.39 is 0 Å². The number of fused-ring (bicyclic) bond motifs is 1. The predicted molar refractivity (Wildman–Crippen MR) is 120 cm³/mol. The second-order valence-corrected chi connectivity index (χ2v) is 8.89. The Hall–Kier alpha value is -2.60. The number of carbonyl (C=O) groups excluding carboxylic acids is 1. The van der Waals surface area contributed by atoms with E-state index in [1.165, 1.54) is 5.56 Å². The van der Waals surface area contributed by atoms with Crippen LogP contribution in [0, 0.1) is 5.92 Å². The quantitative estimate of drug-likeness (QED) is 0.623. The van der Waals surface area contributed by atoms with Gasteiger partial charge < -0.3 is 15.0 Å². The Bertz CT molecular complexity index is 997. The first kappa shape index (κ1) is 19.7. The van der Waals surface area contributed by atoms with E-state index in [0.29, 0.717) is 12.5 Å². The van der Waals surface area contributed by atoms with Gasteiger partial charge in [0.2, 0.25) is 5.91 Å². The number of hydrogen-bond donors (Lipinski definition) is 1. The van der Waals surface area contributed by atoms with Crippen LogP contribution in [0.5, 0.6) is 5.75 Å². The van der Waals surface area contributed by atoms with Crippen LogP contribution < -0.4 is 15.0 Å². The predicted octanol–water partition coefficient (Wildman–Crippen LogP) is 5.28. The normalized spacial score (nSPS) is 17.0. The maximum atomic E-state index is 12.8. The number of aromatic nitrogens is 1. The van der Waals surface area contributed by atoms with Crippen LogP contribution in [0.25, 0.3) is 10.2 Å². The van der Waals surface area contributed by atoms with E-state index >= 15 is 0 Å². The lowest BCUT2D eigenvalue weighted by atomic mass is 9.97. The Morgan fingerprint density at radius 3 is 2.76 bits per heavy atom. The van der Waals surface area contributed by atoms with Crippen LogP contribution in [0.1, 0.15) is 38.2 Å². The van der Waals surface area contributed by atoms with Crippen molar-refractivity contribution in [3.63, 3.8) is 0 Å². The molecule has 0 spiro atoms. The van der Waals surface area contributed by atoms with Gasteiger partial charge in [0.15, 0.2) is 5.13 Å². The van der Waals surface area contributed by atoms with Gasteiger partial charge in [0.25, 0.3) is 0 Å². The van der Waals surface area contributed by atoms with Crippen molar-refractivity contribution in [1.82, 2.24) is 4.98 Å². The molecule has 1 N–H and O–H groups in total. The van der Waals surface area contributed by atoms with Gasteiger partial charge in [-0.15, -0.1) is 0 Å². The van der Waals surface area contributed by atoms with Crippen LogP contribution in [0.3, 0.4) is 0 Å². The van der Waals surface area contributed by atoms with Crippen LogP contribution in [0.15, 0.2) is 42.5 Å². The van der Waals surface area contributed by atoms with E-state index in [9.17, 15) is 4.79 Å². The van der Waals surface area contributed by atoms with Gasteiger partial charge in [-0.1, -0.05) is 37.3 Å². The number of amides is 1. The zero-order valence-electron chi connectivity index (χ0n) is 17.1. The molecule has 0 bridgehead atoms. The lowest BCUT2D eigenvalue weighted by Crippen LogP contribution is -2.40. The molecule has 1 saturated heterocycles. The number of benzene rings is 2. The molecule has 1 aromatic heterocycles. The molecule has 0 saturated carbocycles. The van der Waals surface area contributed by atoms with Crippen LogP contribution in [0.4, 0.5) is 10.8 Å². The van der Waals surface area contributed by atoms with Crippen molar-refractivity contribution in [3.8, 4) is 5.75 Å². The fourth-order valence-corrected chi connectivity index (χ4v) is 4.74. The first-order valence-electron chi connectivity index (χ1n) is 10.1. The Balaban J connectivity index is 1.44. The topological polar surface area (TPSA) is 54.5 Å². The minimum atomic E-state index is -0.0323. The second kappa shape index (κ2) is 8.41. The number of hydrogen-bond acceptors (Lipinski definition) is 5. The first-order valence-corrected chi connectivity index (χ1v) is 11.0. The lowest BCUT2D eigenvalue weighted by Gasteiger charge is -2.31. The third-order valence-corrected chi connectivity index (χ3v) is 6.57. The molecular formula is C23H27N3O2S. The van der Waals surface area contributed by atoms with E-state index in [4.69, 9.17) is 9.72 Å². The number of methoxy groups -OCH3 is 1. The largest absolute Gasteiger partial charge is 0.497 e. The number of ether oxygens (including phenoxy) is 1. The van der Waals surface area contributed by atoms with E-state index in [-0.39, 0.29) is 11.8 Å². The molecule has 1 fully saturated rings. The van der Waals surface area contributed by atoms with E-state index in [2.05, 4.69) is 36.2 Å². The maximum absolute atomic E-state index is 12.8. The summed E-state index contributed by atoms with van der Waals surface area (Å²) in [5.74, 6) is 1.39. The summed E-state index contributed by atoms with van der Waals surface area (Å²) in [6.07, 6.45) is 1.90. The highest BCUT2D eigenvalue weighted by atomic mass is 32.1. The molecule has 1 unspecified atom stereocenters. The number of nitrogens with one attached hydrogen (secondary N) is 1. The van der Waals surface area contributed by atoms with Crippen LogP contribution in [-0.2, 0) is 4.79 Å². The molecule has 0 radical (unpaired) electrons. The number of carbonyl (C=O) groups is 1. The molecule has 29 heavy (non-hydrogen) atoms. The summed E-state index contributed by atoms with van der Waals surface area (Å²) in [6, 6.07) is 14.1. The fourth-order valence-electron chi connectivity index (χ4n) is 3.72. The average Bonchev–Trinajstić information content (AvgIpc) is 3.17. The number of piperidine rings is 1.